The lowest BCUT2D eigenvalue weighted by Gasteiger charge is -2.37. The Morgan fingerprint density at radius 3 is 2.36 bits per heavy atom. The summed E-state index contributed by atoms with van der Waals surface area (Å²) in [7, 11) is -2.66. The van der Waals surface area contributed by atoms with Crippen LogP contribution < -0.4 is 14.4 Å². The number of carbonyl (C=O) groups excluding carboxylic acids is 1. The van der Waals surface area contributed by atoms with Gasteiger partial charge in [-0.25, -0.2) is 8.42 Å². The predicted octanol–water partition coefficient (Wildman–Crippen LogP) is 3.04. The quantitative estimate of drug-likeness (QED) is 0.681. The Morgan fingerprint density at radius 2 is 1.76 bits per heavy atom. The highest BCUT2D eigenvalue weighted by Crippen LogP contribution is 2.32. The van der Waals surface area contributed by atoms with E-state index in [4.69, 9.17) is 4.74 Å². The molecule has 0 saturated carbocycles. The Morgan fingerprint density at radius 1 is 1.09 bits per heavy atom. The second kappa shape index (κ2) is 9.60. The number of rotatable bonds is 6. The number of benzene rings is 2. The minimum absolute atomic E-state index is 0.0565. The highest BCUT2D eigenvalue weighted by molar-refractivity contribution is 7.89. The van der Waals surface area contributed by atoms with Crippen LogP contribution in [0.3, 0.4) is 0 Å². The van der Waals surface area contributed by atoms with Crippen molar-refractivity contribution in [2.45, 2.75) is 31.0 Å². The van der Waals surface area contributed by atoms with E-state index in [-0.39, 0.29) is 23.7 Å². The summed E-state index contributed by atoms with van der Waals surface area (Å²) in [6, 6.07) is 8.75. The monoisotopic (exact) mass is 485 g/mol. The lowest BCUT2D eigenvalue weighted by atomic mass is 10.1. The van der Waals surface area contributed by atoms with Crippen LogP contribution >= 0.6 is 0 Å². The number of carbonyl (C=O) groups is 1. The zero-order valence-electron chi connectivity index (χ0n) is 18.5. The molecule has 0 spiro atoms. The first-order valence-electron chi connectivity index (χ1n) is 10.3. The number of nitrogens with one attached hydrogen (secondary N) is 1. The van der Waals surface area contributed by atoms with Gasteiger partial charge in [-0.05, 0) is 49.7 Å². The fraction of sp³-hybridized carbons (Fsp3) is 0.409. The summed E-state index contributed by atoms with van der Waals surface area (Å²) >= 11 is 0. The fourth-order valence-corrected chi connectivity index (χ4v) is 5.13. The summed E-state index contributed by atoms with van der Waals surface area (Å²) in [5, 5.41) is 0. The number of hydrogen-bond donors (Lipinski definition) is 1. The number of halogens is 3. The first kappa shape index (κ1) is 24.8. The summed E-state index contributed by atoms with van der Waals surface area (Å²) in [6.45, 7) is 4.39. The smallest absolute Gasteiger partial charge is 0.416 e. The minimum atomic E-state index is -4.43. The third-order valence-corrected chi connectivity index (χ3v) is 7.00. The van der Waals surface area contributed by atoms with Crippen LogP contribution in [0.5, 0.6) is 5.75 Å². The average molecular weight is 486 g/mol. The largest absolute Gasteiger partial charge is 0.495 e. The summed E-state index contributed by atoms with van der Waals surface area (Å²) in [5.74, 6) is -0.240. The summed E-state index contributed by atoms with van der Waals surface area (Å²) in [6.07, 6.45) is -4.43. The third kappa shape index (κ3) is 5.77. The number of amides is 1. The van der Waals surface area contributed by atoms with Gasteiger partial charge in [-0.2, -0.15) is 17.9 Å². The fourth-order valence-electron chi connectivity index (χ4n) is 3.68. The maximum Gasteiger partial charge on any atom is 0.416 e. The number of aryl methyl sites for hydroxylation is 1. The van der Waals surface area contributed by atoms with Crippen LogP contribution in [-0.4, -0.2) is 58.6 Å². The Bertz CT molecular complexity index is 1110. The van der Waals surface area contributed by atoms with E-state index in [0.717, 1.165) is 17.7 Å². The molecule has 180 valence electrons. The van der Waals surface area contributed by atoms with E-state index in [1.165, 1.54) is 31.1 Å². The lowest BCUT2D eigenvalue weighted by Crippen LogP contribution is -2.54. The highest BCUT2D eigenvalue weighted by atomic mass is 32.2. The number of hydrogen-bond acceptors (Lipinski definition) is 5. The molecule has 3 rings (SSSR count). The van der Waals surface area contributed by atoms with Crippen molar-refractivity contribution < 1.29 is 31.1 Å². The lowest BCUT2D eigenvalue weighted by molar-refractivity contribution is -0.137. The van der Waals surface area contributed by atoms with E-state index in [2.05, 4.69) is 4.72 Å². The standard InChI is InChI=1S/C22H26F3N3O4S/c1-15-7-8-19(32-3)20(13-15)33(30,31)26-16(2)21(29)28-11-9-27(10-12-28)18-6-4-5-17(14-18)22(23,24)25/h4-8,13-14,16,26H,9-12H2,1-3H3/t16-/m0/s1. The van der Waals surface area contributed by atoms with E-state index in [1.807, 2.05) is 0 Å². The van der Waals surface area contributed by atoms with Gasteiger partial charge in [0.15, 0.2) is 0 Å². The first-order chi connectivity index (χ1) is 15.4. The van der Waals surface area contributed by atoms with Gasteiger partial charge >= 0.3 is 6.18 Å². The zero-order chi connectivity index (χ0) is 24.4. The Kier molecular flexibility index (Phi) is 7.23. The second-order valence-corrected chi connectivity index (χ2v) is 9.54. The highest BCUT2D eigenvalue weighted by Gasteiger charge is 2.32. The Labute approximate surface area is 191 Å². The molecule has 11 heteroatoms. The van der Waals surface area contributed by atoms with Gasteiger partial charge in [-0.1, -0.05) is 12.1 Å². The molecule has 1 amide bonds. The van der Waals surface area contributed by atoms with Crippen molar-refractivity contribution in [3.63, 3.8) is 0 Å². The molecule has 1 aliphatic heterocycles. The predicted molar refractivity (Wildman–Crippen MR) is 118 cm³/mol. The number of methoxy groups -OCH3 is 1. The van der Waals surface area contributed by atoms with Crippen LogP contribution in [0.15, 0.2) is 47.4 Å². The topological polar surface area (TPSA) is 78.9 Å². The van der Waals surface area contributed by atoms with Gasteiger partial charge in [0.25, 0.3) is 0 Å². The summed E-state index contributed by atoms with van der Waals surface area (Å²) < 4.78 is 72.2. The van der Waals surface area contributed by atoms with Crippen LogP contribution in [0, 0.1) is 6.92 Å². The van der Waals surface area contributed by atoms with Crippen molar-refractivity contribution in [2.24, 2.45) is 0 Å². The number of nitrogens with zero attached hydrogens (tertiary/aromatic N) is 2. The van der Waals surface area contributed by atoms with Crippen LogP contribution in [-0.2, 0) is 21.0 Å². The van der Waals surface area contributed by atoms with E-state index in [1.54, 1.807) is 30.0 Å². The van der Waals surface area contributed by atoms with Crippen LogP contribution in [0.25, 0.3) is 0 Å². The molecule has 1 atom stereocenters. The molecule has 0 aliphatic carbocycles. The zero-order valence-corrected chi connectivity index (χ0v) is 19.3. The van der Waals surface area contributed by atoms with Crippen LogP contribution in [0.1, 0.15) is 18.1 Å². The maximum absolute atomic E-state index is 13.0. The molecule has 0 unspecified atom stereocenters. The number of ether oxygens (including phenoxy) is 1. The van der Waals surface area contributed by atoms with Gasteiger partial charge in [0.1, 0.15) is 10.6 Å². The van der Waals surface area contributed by atoms with Gasteiger partial charge < -0.3 is 14.5 Å². The number of anilines is 1. The molecule has 0 aromatic heterocycles. The number of piperazine rings is 1. The first-order valence-corrected chi connectivity index (χ1v) is 11.8. The third-order valence-electron chi connectivity index (χ3n) is 5.44. The molecule has 0 radical (unpaired) electrons. The van der Waals surface area contributed by atoms with Crippen molar-refractivity contribution in [1.29, 1.82) is 0 Å². The molecule has 1 saturated heterocycles. The van der Waals surface area contributed by atoms with Crippen molar-refractivity contribution >= 4 is 21.6 Å². The molecule has 1 aliphatic rings. The van der Waals surface area contributed by atoms with Gasteiger partial charge in [0, 0.05) is 31.9 Å². The molecule has 0 bridgehead atoms. The van der Waals surface area contributed by atoms with Crippen LogP contribution in [0.4, 0.5) is 18.9 Å². The minimum Gasteiger partial charge on any atom is -0.495 e. The molecule has 2 aromatic carbocycles. The van der Waals surface area contributed by atoms with E-state index in [9.17, 15) is 26.4 Å². The normalized spacial score (nSPS) is 15.9. The van der Waals surface area contributed by atoms with Gasteiger partial charge in [0.2, 0.25) is 15.9 Å². The summed E-state index contributed by atoms with van der Waals surface area (Å²) in [5.41, 5.74) is 0.422. The van der Waals surface area contributed by atoms with Crippen molar-refractivity contribution in [2.75, 3.05) is 38.2 Å². The molecule has 7 nitrogen and oxygen atoms in total. The van der Waals surface area contributed by atoms with Crippen molar-refractivity contribution in [3.8, 4) is 5.75 Å². The SMILES string of the molecule is COc1ccc(C)cc1S(=O)(=O)N[C@@H](C)C(=O)N1CCN(c2cccc(C(F)(F)F)c2)CC1. The Hall–Kier alpha value is -2.79. The van der Waals surface area contributed by atoms with E-state index < -0.39 is 33.7 Å². The molecular weight excluding hydrogens is 459 g/mol. The molecule has 1 N–H and O–H groups in total. The van der Waals surface area contributed by atoms with Gasteiger partial charge in [-0.3, -0.25) is 4.79 Å². The van der Waals surface area contributed by atoms with Crippen molar-refractivity contribution in [1.82, 2.24) is 9.62 Å². The van der Waals surface area contributed by atoms with Gasteiger partial charge in [0.05, 0.1) is 18.7 Å². The molecule has 1 heterocycles. The summed E-state index contributed by atoms with van der Waals surface area (Å²) in [4.78, 5) is 16.1. The molecule has 33 heavy (non-hydrogen) atoms. The molecular formula is C22H26F3N3O4S. The molecule has 1 fully saturated rings. The number of sulfonamides is 1. The molecule has 2 aromatic rings. The van der Waals surface area contributed by atoms with Crippen LogP contribution in [0.2, 0.25) is 0 Å². The van der Waals surface area contributed by atoms with Crippen molar-refractivity contribution in [3.05, 3.63) is 53.6 Å². The number of alkyl halides is 3. The van der Waals surface area contributed by atoms with E-state index in [0.29, 0.717) is 18.8 Å². The van der Waals surface area contributed by atoms with E-state index >= 15 is 0 Å². The van der Waals surface area contributed by atoms with Gasteiger partial charge in [-0.15, -0.1) is 0 Å². The second-order valence-electron chi connectivity index (χ2n) is 7.86. The maximum atomic E-state index is 13.0. The Balaban J connectivity index is 1.65. The average Bonchev–Trinajstić information content (AvgIpc) is 2.78.